The van der Waals surface area contributed by atoms with Crippen molar-refractivity contribution in [2.45, 2.75) is 45.9 Å². The monoisotopic (exact) mass is 266 g/mol. The molecule has 0 spiro atoms. The van der Waals surface area contributed by atoms with Gasteiger partial charge in [-0.05, 0) is 27.4 Å². The molecule has 5 heteroatoms. The maximum Gasteiger partial charge on any atom is 0.151 e. The van der Waals surface area contributed by atoms with Crippen molar-refractivity contribution in [3.8, 4) is 0 Å². The molecule has 2 rings (SSSR count). The highest BCUT2D eigenvalue weighted by molar-refractivity contribution is 5.05. The molecular formula is C14H26N4O. The van der Waals surface area contributed by atoms with E-state index in [0.29, 0.717) is 12.1 Å². The Morgan fingerprint density at radius 2 is 2.05 bits per heavy atom. The second-order valence-electron chi connectivity index (χ2n) is 5.62. The van der Waals surface area contributed by atoms with Gasteiger partial charge in [0.15, 0.2) is 5.76 Å². The van der Waals surface area contributed by atoms with Crippen LogP contribution in [0, 0.1) is 0 Å². The third-order valence-electron chi connectivity index (χ3n) is 3.98. The van der Waals surface area contributed by atoms with Gasteiger partial charge in [-0.1, -0.05) is 12.1 Å². The molecule has 1 saturated heterocycles. The summed E-state index contributed by atoms with van der Waals surface area (Å²) in [6.07, 6.45) is 0. The fraction of sp³-hybridized carbons (Fsp3) is 0.786. The van der Waals surface area contributed by atoms with E-state index >= 15 is 0 Å². The molecule has 0 bridgehead atoms. The molecule has 1 aromatic rings. The van der Waals surface area contributed by atoms with E-state index in [4.69, 9.17) is 4.52 Å². The highest BCUT2D eigenvalue weighted by Gasteiger charge is 2.26. The fourth-order valence-electron chi connectivity index (χ4n) is 2.63. The summed E-state index contributed by atoms with van der Waals surface area (Å²) in [7, 11) is 2.20. The van der Waals surface area contributed by atoms with Crippen LogP contribution in [-0.4, -0.2) is 53.7 Å². The molecule has 0 amide bonds. The zero-order valence-corrected chi connectivity index (χ0v) is 12.5. The second kappa shape index (κ2) is 6.50. The Morgan fingerprint density at radius 3 is 2.68 bits per heavy atom. The lowest BCUT2D eigenvalue weighted by Gasteiger charge is -2.42. The summed E-state index contributed by atoms with van der Waals surface area (Å²) in [5, 5.41) is 7.36. The van der Waals surface area contributed by atoms with Crippen molar-refractivity contribution in [1.29, 1.82) is 0 Å². The van der Waals surface area contributed by atoms with Crippen LogP contribution in [0.15, 0.2) is 10.6 Å². The minimum Gasteiger partial charge on any atom is -0.360 e. The third-order valence-corrected chi connectivity index (χ3v) is 3.98. The molecular weight excluding hydrogens is 240 g/mol. The van der Waals surface area contributed by atoms with Gasteiger partial charge in [0, 0.05) is 37.8 Å². The lowest BCUT2D eigenvalue weighted by molar-refractivity contribution is 0.0506. The van der Waals surface area contributed by atoms with Crippen molar-refractivity contribution in [2.75, 3.05) is 26.7 Å². The first kappa shape index (κ1) is 14.5. The Kier molecular flexibility index (Phi) is 4.96. The van der Waals surface area contributed by atoms with Crippen molar-refractivity contribution < 1.29 is 4.52 Å². The van der Waals surface area contributed by atoms with Crippen molar-refractivity contribution in [1.82, 2.24) is 20.3 Å². The zero-order valence-electron chi connectivity index (χ0n) is 12.5. The Labute approximate surface area is 115 Å². The van der Waals surface area contributed by atoms with Gasteiger partial charge in [-0.25, -0.2) is 0 Å². The average molecular weight is 266 g/mol. The number of hydrogen-bond donors (Lipinski definition) is 1. The molecule has 2 unspecified atom stereocenters. The van der Waals surface area contributed by atoms with Crippen LogP contribution in [0.4, 0.5) is 0 Å². The number of rotatable bonds is 5. The summed E-state index contributed by atoms with van der Waals surface area (Å²) < 4.78 is 5.42. The lowest BCUT2D eigenvalue weighted by Crippen LogP contribution is -2.54. The highest BCUT2D eigenvalue weighted by Crippen LogP contribution is 2.16. The van der Waals surface area contributed by atoms with Crippen molar-refractivity contribution in [2.24, 2.45) is 0 Å². The molecule has 1 fully saturated rings. The number of likely N-dealkylation sites (N-methyl/N-ethyl adjacent to an activating group) is 1. The molecule has 108 valence electrons. The summed E-state index contributed by atoms with van der Waals surface area (Å²) in [5.74, 6) is 0.969. The SMILES string of the molecule is CCNCc1cc(CN2CC(C)N(C)C(C)C2)on1. The van der Waals surface area contributed by atoms with Gasteiger partial charge in [0.05, 0.1) is 12.2 Å². The Balaban J connectivity index is 1.88. The van der Waals surface area contributed by atoms with Crippen LogP contribution in [0.5, 0.6) is 0 Å². The van der Waals surface area contributed by atoms with E-state index in [9.17, 15) is 0 Å². The van der Waals surface area contributed by atoms with Gasteiger partial charge in [0.2, 0.25) is 0 Å². The number of nitrogens with one attached hydrogen (secondary N) is 1. The normalized spacial score (nSPS) is 25.9. The van der Waals surface area contributed by atoms with Crippen LogP contribution in [-0.2, 0) is 13.1 Å². The molecule has 1 aliphatic rings. The molecule has 19 heavy (non-hydrogen) atoms. The Hall–Kier alpha value is -0.910. The van der Waals surface area contributed by atoms with Crippen molar-refractivity contribution in [3.63, 3.8) is 0 Å². The standard InChI is InChI=1S/C14H26N4O/c1-5-15-7-13-6-14(19-16-13)10-18-8-11(2)17(4)12(3)9-18/h6,11-12,15H,5,7-10H2,1-4H3. The van der Waals surface area contributed by atoms with Crippen LogP contribution < -0.4 is 5.32 Å². The number of nitrogens with zero attached hydrogens (tertiary/aromatic N) is 3. The molecule has 2 heterocycles. The van der Waals surface area contributed by atoms with Crippen LogP contribution in [0.1, 0.15) is 32.2 Å². The molecule has 1 aliphatic heterocycles. The third kappa shape index (κ3) is 3.78. The molecule has 1 aromatic heterocycles. The van der Waals surface area contributed by atoms with Crippen molar-refractivity contribution >= 4 is 0 Å². The van der Waals surface area contributed by atoms with Crippen LogP contribution >= 0.6 is 0 Å². The summed E-state index contributed by atoms with van der Waals surface area (Å²) in [6.45, 7) is 11.4. The topological polar surface area (TPSA) is 44.5 Å². The van der Waals surface area contributed by atoms with E-state index in [1.165, 1.54) is 0 Å². The Morgan fingerprint density at radius 1 is 1.37 bits per heavy atom. The second-order valence-corrected chi connectivity index (χ2v) is 5.62. The van der Waals surface area contributed by atoms with E-state index in [2.05, 4.69) is 54.2 Å². The van der Waals surface area contributed by atoms with Gasteiger partial charge in [0.25, 0.3) is 0 Å². The van der Waals surface area contributed by atoms with Crippen LogP contribution in [0.3, 0.4) is 0 Å². The summed E-state index contributed by atoms with van der Waals surface area (Å²) in [4.78, 5) is 4.89. The first-order valence-corrected chi connectivity index (χ1v) is 7.19. The van der Waals surface area contributed by atoms with Crippen molar-refractivity contribution in [3.05, 3.63) is 17.5 Å². The van der Waals surface area contributed by atoms with Gasteiger partial charge in [-0.2, -0.15) is 0 Å². The maximum absolute atomic E-state index is 5.42. The van der Waals surface area contributed by atoms with Gasteiger partial charge >= 0.3 is 0 Å². The van der Waals surface area contributed by atoms with Gasteiger partial charge in [-0.15, -0.1) is 0 Å². The summed E-state index contributed by atoms with van der Waals surface area (Å²) in [6, 6.07) is 3.25. The minimum absolute atomic E-state index is 0.591. The van der Waals surface area contributed by atoms with Gasteiger partial charge in [0.1, 0.15) is 0 Å². The molecule has 2 atom stereocenters. The van der Waals surface area contributed by atoms with E-state index in [1.54, 1.807) is 0 Å². The maximum atomic E-state index is 5.42. The minimum atomic E-state index is 0.591. The number of aromatic nitrogens is 1. The summed E-state index contributed by atoms with van der Waals surface area (Å²) >= 11 is 0. The van der Waals surface area contributed by atoms with E-state index in [1.807, 2.05) is 0 Å². The smallest absolute Gasteiger partial charge is 0.151 e. The molecule has 5 nitrogen and oxygen atoms in total. The largest absolute Gasteiger partial charge is 0.360 e. The molecule has 0 saturated carbocycles. The predicted octanol–water partition coefficient (Wildman–Crippen LogP) is 1.31. The quantitative estimate of drug-likeness (QED) is 0.870. The summed E-state index contributed by atoms with van der Waals surface area (Å²) in [5.41, 5.74) is 0.993. The van der Waals surface area contributed by atoms with E-state index in [0.717, 1.165) is 44.2 Å². The molecule has 0 aromatic carbocycles. The van der Waals surface area contributed by atoms with Gasteiger partial charge < -0.3 is 9.84 Å². The van der Waals surface area contributed by atoms with Gasteiger partial charge in [-0.3, -0.25) is 9.80 Å². The fourth-order valence-corrected chi connectivity index (χ4v) is 2.63. The first-order valence-electron chi connectivity index (χ1n) is 7.19. The molecule has 0 aliphatic carbocycles. The van der Waals surface area contributed by atoms with E-state index in [-0.39, 0.29) is 0 Å². The highest BCUT2D eigenvalue weighted by atomic mass is 16.5. The van der Waals surface area contributed by atoms with E-state index < -0.39 is 0 Å². The molecule has 1 N–H and O–H groups in total. The number of hydrogen-bond acceptors (Lipinski definition) is 5. The molecule has 0 radical (unpaired) electrons. The van der Waals surface area contributed by atoms with Crippen LogP contribution in [0.2, 0.25) is 0 Å². The average Bonchev–Trinajstić information content (AvgIpc) is 2.81. The first-order chi connectivity index (χ1) is 9.10. The lowest BCUT2D eigenvalue weighted by atomic mass is 10.1. The Bertz CT molecular complexity index is 381. The predicted molar refractivity (Wildman–Crippen MR) is 75.8 cm³/mol. The zero-order chi connectivity index (χ0) is 13.8. The number of piperazine rings is 1. The van der Waals surface area contributed by atoms with Crippen LogP contribution in [0.25, 0.3) is 0 Å².